The van der Waals surface area contributed by atoms with Gasteiger partial charge in [-0.25, -0.2) is 0 Å². The van der Waals surface area contributed by atoms with Crippen LogP contribution < -0.4 is 10.5 Å². The zero-order valence-corrected chi connectivity index (χ0v) is 6.95. The largest absolute Gasteiger partial charge is 0.495 e. The van der Waals surface area contributed by atoms with Crippen LogP contribution in [0.2, 0.25) is 0 Å². The number of nitrogens with two attached hydrogens (primary N) is 1. The van der Waals surface area contributed by atoms with E-state index < -0.39 is 0 Å². The summed E-state index contributed by atoms with van der Waals surface area (Å²) in [6.07, 6.45) is 2.38. The lowest BCUT2D eigenvalue weighted by molar-refractivity contribution is 0.405. The standard InChI is InChI=1S/C8H11N3O/c1-12-6-4-7(9)10-11-8(6)5-2-3-5/h4-5H,2-3H2,1H3,(H2,9,10). The molecule has 1 saturated carbocycles. The number of rotatable bonds is 2. The van der Waals surface area contributed by atoms with Crippen molar-refractivity contribution in [1.29, 1.82) is 0 Å². The number of nitrogen functional groups attached to an aromatic ring is 1. The van der Waals surface area contributed by atoms with Crippen LogP contribution >= 0.6 is 0 Å². The van der Waals surface area contributed by atoms with Crippen molar-refractivity contribution < 1.29 is 4.74 Å². The molecule has 1 aromatic heterocycles. The molecule has 1 heterocycles. The number of anilines is 1. The summed E-state index contributed by atoms with van der Waals surface area (Å²) in [6, 6.07) is 1.72. The fourth-order valence-electron chi connectivity index (χ4n) is 1.20. The van der Waals surface area contributed by atoms with E-state index in [1.54, 1.807) is 13.2 Å². The van der Waals surface area contributed by atoms with Crippen molar-refractivity contribution in [3.05, 3.63) is 11.8 Å². The van der Waals surface area contributed by atoms with Crippen LogP contribution in [0.1, 0.15) is 24.5 Å². The lowest BCUT2D eigenvalue weighted by Gasteiger charge is -2.04. The third-order valence-electron chi connectivity index (χ3n) is 1.99. The van der Waals surface area contributed by atoms with Crippen LogP contribution in [-0.2, 0) is 0 Å². The van der Waals surface area contributed by atoms with E-state index in [1.807, 2.05) is 0 Å². The Kier molecular flexibility index (Phi) is 1.60. The van der Waals surface area contributed by atoms with Crippen molar-refractivity contribution in [2.24, 2.45) is 0 Å². The summed E-state index contributed by atoms with van der Waals surface area (Å²) in [7, 11) is 1.63. The van der Waals surface area contributed by atoms with Gasteiger partial charge >= 0.3 is 0 Å². The van der Waals surface area contributed by atoms with Gasteiger partial charge in [0, 0.05) is 12.0 Å². The van der Waals surface area contributed by atoms with Crippen LogP contribution in [-0.4, -0.2) is 17.3 Å². The molecule has 0 unspecified atom stereocenters. The molecule has 1 aliphatic rings. The summed E-state index contributed by atoms with van der Waals surface area (Å²) in [6.45, 7) is 0. The van der Waals surface area contributed by atoms with Crippen molar-refractivity contribution in [1.82, 2.24) is 10.2 Å². The monoisotopic (exact) mass is 165 g/mol. The van der Waals surface area contributed by atoms with Crippen LogP contribution in [0.4, 0.5) is 5.82 Å². The molecule has 0 spiro atoms. The molecule has 0 amide bonds. The van der Waals surface area contributed by atoms with E-state index in [0.717, 1.165) is 11.4 Å². The quantitative estimate of drug-likeness (QED) is 0.708. The average molecular weight is 165 g/mol. The molecular weight excluding hydrogens is 154 g/mol. The number of ether oxygens (including phenoxy) is 1. The number of aromatic nitrogens is 2. The van der Waals surface area contributed by atoms with E-state index in [0.29, 0.717) is 11.7 Å². The van der Waals surface area contributed by atoms with Gasteiger partial charge in [0.1, 0.15) is 17.3 Å². The lowest BCUT2D eigenvalue weighted by atomic mass is 10.2. The second-order valence-corrected chi connectivity index (χ2v) is 3.00. The summed E-state index contributed by atoms with van der Waals surface area (Å²) in [4.78, 5) is 0. The minimum absolute atomic E-state index is 0.413. The van der Waals surface area contributed by atoms with Crippen molar-refractivity contribution in [3.8, 4) is 5.75 Å². The molecular formula is C8H11N3O. The minimum Gasteiger partial charge on any atom is -0.495 e. The van der Waals surface area contributed by atoms with Crippen molar-refractivity contribution in [2.45, 2.75) is 18.8 Å². The van der Waals surface area contributed by atoms with E-state index in [4.69, 9.17) is 10.5 Å². The van der Waals surface area contributed by atoms with Gasteiger partial charge in [-0.1, -0.05) is 0 Å². The van der Waals surface area contributed by atoms with Gasteiger partial charge in [-0.3, -0.25) is 0 Å². The molecule has 2 rings (SSSR count). The van der Waals surface area contributed by atoms with Crippen molar-refractivity contribution in [2.75, 3.05) is 12.8 Å². The molecule has 0 bridgehead atoms. The fraction of sp³-hybridized carbons (Fsp3) is 0.500. The topological polar surface area (TPSA) is 61.0 Å². The van der Waals surface area contributed by atoms with E-state index in [2.05, 4.69) is 10.2 Å². The Labute approximate surface area is 70.7 Å². The number of hydrogen-bond acceptors (Lipinski definition) is 4. The molecule has 2 N–H and O–H groups in total. The van der Waals surface area contributed by atoms with E-state index in [9.17, 15) is 0 Å². The van der Waals surface area contributed by atoms with Gasteiger partial charge in [-0.2, -0.15) is 0 Å². The molecule has 12 heavy (non-hydrogen) atoms. The highest BCUT2D eigenvalue weighted by Gasteiger charge is 2.28. The average Bonchev–Trinajstić information content (AvgIpc) is 2.87. The van der Waals surface area contributed by atoms with Gasteiger partial charge in [0.25, 0.3) is 0 Å². The van der Waals surface area contributed by atoms with Crippen molar-refractivity contribution >= 4 is 5.82 Å². The van der Waals surface area contributed by atoms with E-state index in [-0.39, 0.29) is 0 Å². The Morgan fingerprint density at radius 2 is 2.25 bits per heavy atom. The molecule has 64 valence electrons. The van der Waals surface area contributed by atoms with Gasteiger partial charge in [0.2, 0.25) is 0 Å². The number of hydrogen-bond donors (Lipinski definition) is 1. The fourth-order valence-corrected chi connectivity index (χ4v) is 1.20. The molecule has 4 heteroatoms. The van der Waals surface area contributed by atoms with Gasteiger partial charge in [-0.15, -0.1) is 10.2 Å². The zero-order valence-electron chi connectivity index (χ0n) is 6.95. The summed E-state index contributed by atoms with van der Waals surface area (Å²) in [5.41, 5.74) is 6.42. The first-order valence-electron chi connectivity index (χ1n) is 3.98. The molecule has 0 radical (unpaired) electrons. The van der Waals surface area contributed by atoms with Crippen molar-refractivity contribution in [3.63, 3.8) is 0 Å². The zero-order chi connectivity index (χ0) is 8.55. The Hall–Kier alpha value is -1.32. The predicted octanol–water partition coefficient (Wildman–Crippen LogP) is 0.945. The molecule has 0 aliphatic heterocycles. The van der Waals surface area contributed by atoms with Crippen LogP contribution in [0.5, 0.6) is 5.75 Å². The molecule has 0 aromatic carbocycles. The Morgan fingerprint density at radius 1 is 1.50 bits per heavy atom. The first-order valence-corrected chi connectivity index (χ1v) is 3.98. The maximum Gasteiger partial charge on any atom is 0.149 e. The molecule has 1 aromatic rings. The number of methoxy groups -OCH3 is 1. The lowest BCUT2D eigenvalue weighted by Crippen LogP contribution is -2.00. The summed E-state index contributed by atoms with van der Waals surface area (Å²) in [5.74, 6) is 1.73. The summed E-state index contributed by atoms with van der Waals surface area (Å²) < 4.78 is 5.14. The molecule has 1 aliphatic carbocycles. The Balaban J connectivity index is 2.38. The van der Waals surface area contributed by atoms with Gasteiger partial charge < -0.3 is 10.5 Å². The summed E-state index contributed by atoms with van der Waals surface area (Å²) >= 11 is 0. The highest BCUT2D eigenvalue weighted by atomic mass is 16.5. The highest BCUT2D eigenvalue weighted by molar-refractivity contribution is 5.40. The van der Waals surface area contributed by atoms with Crippen LogP contribution in [0.3, 0.4) is 0 Å². The highest BCUT2D eigenvalue weighted by Crippen LogP contribution is 2.42. The van der Waals surface area contributed by atoms with Gasteiger partial charge in [0.15, 0.2) is 0 Å². The maximum atomic E-state index is 5.47. The maximum absolute atomic E-state index is 5.47. The normalized spacial score (nSPS) is 16.1. The van der Waals surface area contributed by atoms with E-state index in [1.165, 1.54) is 12.8 Å². The first kappa shape index (κ1) is 7.34. The Morgan fingerprint density at radius 3 is 2.83 bits per heavy atom. The third-order valence-corrected chi connectivity index (χ3v) is 1.99. The van der Waals surface area contributed by atoms with Crippen LogP contribution in [0.25, 0.3) is 0 Å². The molecule has 1 fully saturated rings. The van der Waals surface area contributed by atoms with E-state index >= 15 is 0 Å². The third kappa shape index (κ3) is 1.20. The second-order valence-electron chi connectivity index (χ2n) is 3.00. The predicted molar refractivity (Wildman–Crippen MR) is 45.0 cm³/mol. The SMILES string of the molecule is COc1cc(N)nnc1C1CC1. The summed E-state index contributed by atoms with van der Waals surface area (Å²) in [5, 5.41) is 7.81. The Bertz CT molecular complexity index is 296. The second kappa shape index (κ2) is 2.62. The van der Waals surface area contributed by atoms with Gasteiger partial charge in [-0.05, 0) is 12.8 Å². The molecule has 4 nitrogen and oxygen atoms in total. The van der Waals surface area contributed by atoms with Crippen LogP contribution in [0.15, 0.2) is 6.07 Å². The number of nitrogens with zero attached hydrogens (tertiary/aromatic N) is 2. The molecule has 0 atom stereocenters. The minimum atomic E-state index is 0.413. The molecule has 0 saturated heterocycles. The first-order chi connectivity index (χ1) is 5.81. The van der Waals surface area contributed by atoms with Gasteiger partial charge in [0.05, 0.1) is 7.11 Å². The van der Waals surface area contributed by atoms with Crippen LogP contribution in [0, 0.1) is 0 Å². The smallest absolute Gasteiger partial charge is 0.149 e.